The minimum absolute atomic E-state index is 0.0800. The SMILES string of the molecule is COC(OC)(OC1C[C@H]2CC[C@@H](C1)N2C)C(CO)c1ccccc1. The number of aliphatic hydroxyl groups excluding tert-OH is 1. The van der Waals surface area contributed by atoms with Crippen LogP contribution in [0.25, 0.3) is 0 Å². The van der Waals surface area contributed by atoms with Gasteiger partial charge in [-0.05, 0) is 38.3 Å². The molecule has 4 atom stereocenters. The lowest BCUT2D eigenvalue weighted by Gasteiger charge is -2.43. The predicted octanol–water partition coefficient (Wildman–Crippen LogP) is 2.35. The zero-order valence-electron chi connectivity index (χ0n) is 14.9. The van der Waals surface area contributed by atoms with Crippen molar-refractivity contribution < 1.29 is 19.3 Å². The molecule has 2 fully saturated rings. The highest BCUT2D eigenvalue weighted by Gasteiger charge is 2.47. The van der Waals surface area contributed by atoms with Crippen LogP contribution in [0.5, 0.6) is 0 Å². The van der Waals surface area contributed by atoms with Gasteiger partial charge in [-0.2, -0.15) is 0 Å². The summed E-state index contributed by atoms with van der Waals surface area (Å²) >= 11 is 0. The summed E-state index contributed by atoms with van der Waals surface area (Å²) in [6, 6.07) is 10.9. The number of fused-ring (bicyclic) bond motifs is 2. The molecule has 0 aliphatic carbocycles. The Morgan fingerprint density at radius 1 is 1.12 bits per heavy atom. The van der Waals surface area contributed by atoms with Crippen molar-refractivity contribution >= 4 is 0 Å². The molecular weight excluding hydrogens is 306 g/mol. The Balaban J connectivity index is 1.80. The van der Waals surface area contributed by atoms with Crippen LogP contribution in [-0.4, -0.2) is 62.0 Å². The van der Waals surface area contributed by atoms with E-state index < -0.39 is 11.9 Å². The number of hydrogen-bond donors (Lipinski definition) is 1. The van der Waals surface area contributed by atoms with Crippen molar-refractivity contribution in [2.24, 2.45) is 0 Å². The highest BCUT2D eigenvalue weighted by atomic mass is 16.9. The monoisotopic (exact) mass is 335 g/mol. The zero-order chi connectivity index (χ0) is 17.2. The Kier molecular flexibility index (Phi) is 5.57. The molecule has 0 amide bonds. The standard InChI is InChI=1S/C19H29NO4/c1-20-15-9-10-16(20)12-17(11-15)24-19(22-2,23-3)18(13-21)14-7-5-4-6-8-14/h4-8,15-18,21H,9-13H2,1-3H3/t15-,16+,17?,18?. The Labute approximate surface area is 144 Å². The van der Waals surface area contributed by atoms with Gasteiger partial charge in [0.2, 0.25) is 0 Å². The van der Waals surface area contributed by atoms with E-state index >= 15 is 0 Å². The number of methoxy groups -OCH3 is 2. The average Bonchev–Trinajstić information content (AvgIpc) is 2.84. The van der Waals surface area contributed by atoms with E-state index in [1.165, 1.54) is 12.8 Å². The molecule has 3 rings (SSSR count). The van der Waals surface area contributed by atoms with Gasteiger partial charge in [0.1, 0.15) is 0 Å². The second-order valence-corrected chi connectivity index (χ2v) is 6.92. The minimum atomic E-state index is -1.27. The van der Waals surface area contributed by atoms with Gasteiger partial charge in [-0.25, -0.2) is 0 Å². The lowest BCUT2D eigenvalue weighted by molar-refractivity contribution is -0.393. The van der Waals surface area contributed by atoms with Crippen molar-refractivity contribution in [2.45, 2.75) is 55.8 Å². The number of benzene rings is 1. The molecule has 2 aliphatic rings. The largest absolute Gasteiger partial charge is 0.395 e. The quantitative estimate of drug-likeness (QED) is 0.775. The first-order valence-electron chi connectivity index (χ1n) is 8.79. The first-order chi connectivity index (χ1) is 11.6. The summed E-state index contributed by atoms with van der Waals surface area (Å²) in [5.74, 6) is -1.66. The van der Waals surface area contributed by atoms with Crippen LogP contribution in [0.1, 0.15) is 37.2 Å². The van der Waals surface area contributed by atoms with Crippen LogP contribution in [-0.2, 0) is 14.2 Å². The van der Waals surface area contributed by atoms with Crippen molar-refractivity contribution in [3.05, 3.63) is 35.9 Å². The second-order valence-electron chi connectivity index (χ2n) is 6.92. The van der Waals surface area contributed by atoms with Crippen LogP contribution < -0.4 is 0 Å². The van der Waals surface area contributed by atoms with Crippen LogP contribution >= 0.6 is 0 Å². The summed E-state index contributed by atoms with van der Waals surface area (Å²) < 4.78 is 17.8. The van der Waals surface area contributed by atoms with Gasteiger partial charge < -0.3 is 24.2 Å². The van der Waals surface area contributed by atoms with Gasteiger partial charge in [0.15, 0.2) is 0 Å². The van der Waals surface area contributed by atoms with Crippen molar-refractivity contribution in [1.82, 2.24) is 4.90 Å². The molecule has 2 aliphatic heterocycles. The smallest absolute Gasteiger partial charge is 0.292 e. The van der Waals surface area contributed by atoms with Crippen LogP contribution in [0.4, 0.5) is 0 Å². The summed E-state index contributed by atoms with van der Waals surface area (Å²) in [5, 5.41) is 10.0. The van der Waals surface area contributed by atoms with Gasteiger partial charge >= 0.3 is 0 Å². The fraction of sp³-hybridized carbons (Fsp3) is 0.684. The molecule has 5 heteroatoms. The molecule has 0 aromatic heterocycles. The van der Waals surface area contributed by atoms with E-state index in [2.05, 4.69) is 11.9 Å². The fourth-order valence-electron chi connectivity index (χ4n) is 4.34. The lowest BCUT2D eigenvalue weighted by atomic mass is 9.95. The molecule has 1 N–H and O–H groups in total. The molecular formula is C19H29NO4. The van der Waals surface area contributed by atoms with Crippen molar-refractivity contribution in [2.75, 3.05) is 27.9 Å². The topological polar surface area (TPSA) is 51.2 Å². The van der Waals surface area contributed by atoms with E-state index in [0.29, 0.717) is 12.1 Å². The lowest BCUT2D eigenvalue weighted by Crippen LogP contribution is -2.51. The summed E-state index contributed by atoms with van der Waals surface area (Å²) in [4.78, 5) is 2.47. The van der Waals surface area contributed by atoms with Gasteiger partial charge in [0.25, 0.3) is 5.97 Å². The maximum Gasteiger partial charge on any atom is 0.292 e. The highest BCUT2D eigenvalue weighted by Crippen LogP contribution is 2.40. The number of ether oxygens (including phenoxy) is 3. The summed E-state index contributed by atoms with van der Waals surface area (Å²) in [7, 11) is 5.37. The third-order valence-electron chi connectivity index (χ3n) is 5.77. The number of rotatable bonds is 7. The first-order valence-corrected chi connectivity index (χ1v) is 8.79. The van der Waals surface area contributed by atoms with Gasteiger partial charge in [0, 0.05) is 26.3 Å². The predicted molar refractivity (Wildman–Crippen MR) is 91.7 cm³/mol. The van der Waals surface area contributed by atoms with E-state index in [9.17, 15) is 5.11 Å². The molecule has 1 aromatic carbocycles. The number of piperidine rings is 1. The molecule has 2 unspecified atom stereocenters. The fourth-order valence-corrected chi connectivity index (χ4v) is 4.34. The van der Waals surface area contributed by atoms with Crippen molar-refractivity contribution in [3.8, 4) is 0 Å². The van der Waals surface area contributed by atoms with Crippen molar-refractivity contribution in [3.63, 3.8) is 0 Å². The molecule has 0 radical (unpaired) electrons. The Morgan fingerprint density at radius 3 is 2.21 bits per heavy atom. The number of aliphatic hydroxyl groups is 1. The number of hydrogen-bond acceptors (Lipinski definition) is 5. The van der Waals surface area contributed by atoms with E-state index in [0.717, 1.165) is 18.4 Å². The molecule has 24 heavy (non-hydrogen) atoms. The Morgan fingerprint density at radius 2 is 1.71 bits per heavy atom. The maximum absolute atomic E-state index is 10.0. The van der Waals surface area contributed by atoms with Crippen LogP contribution in [0.15, 0.2) is 30.3 Å². The normalized spacial score (nSPS) is 28.9. The molecule has 0 spiro atoms. The third-order valence-corrected chi connectivity index (χ3v) is 5.77. The van der Waals surface area contributed by atoms with Gasteiger partial charge in [0.05, 0.1) is 18.6 Å². The van der Waals surface area contributed by atoms with Gasteiger partial charge in [-0.15, -0.1) is 0 Å². The van der Waals surface area contributed by atoms with Crippen LogP contribution in [0.3, 0.4) is 0 Å². The molecule has 2 bridgehead atoms. The van der Waals surface area contributed by atoms with E-state index in [-0.39, 0.29) is 12.7 Å². The van der Waals surface area contributed by atoms with Gasteiger partial charge in [-0.3, -0.25) is 0 Å². The van der Waals surface area contributed by atoms with Gasteiger partial charge in [-0.1, -0.05) is 30.3 Å². The third kappa shape index (κ3) is 3.24. The number of nitrogens with zero attached hydrogens (tertiary/aromatic N) is 1. The average molecular weight is 335 g/mol. The van der Waals surface area contributed by atoms with Crippen molar-refractivity contribution in [1.29, 1.82) is 0 Å². The van der Waals surface area contributed by atoms with Crippen LogP contribution in [0.2, 0.25) is 0 Å². The van der Waals surface area contributed by atoms with E-state index in [1.807, 2.05) is 30.3 Å². The Bertz CT molecular complexity index is 505. The second kappa shape index (κ2) is 7.50. The molecule has 5 nitrogen and oxygen atoms in total. The molecule has 134 valence electrons. The molecule has 0 saturated carbocycles. The van der Waals surface area contributed by atoms with E-state index in [1.54, 1.807) is 14.2 Å². The summed E-state index contributed by atoms with van der Waals surface area (Å²) in [5.41, 5.74) is 0.944. The van der Waals surface area contributed by atoms with E-state index in [4.69, 9.17) is 14.2 Å². The molecule has 2 saturated heterocycles. The molecule has 1 aromatic rings. The highest BCUT2D eigenvalue weighted by molar-refractivity contribution is 5.21. The first kappa shape index (κ1) is 17.8. The summed E-state index contributed by atoms with van der Waals surface area (Å²) in [6.07, 6.45) is 4.51. The Hall–Kier alpha value is -0.980. The molecule has 2 heterocycles. The summed E-state index contributed by atoms with van der Waals surface area (Å²) in [6.45, 7) is -0.106. The zero-order valence-corrected chi connectivity index (χ0v) is 14.9. The van der Waals surface area contributed by atoms with Crippen LogP contribution in [0, 0.1) is 0 Å². The minimum Gasteiger partial charge on any atom is -0.395 e. The maximum atomic E-state index is 10.0.